The number of nitrogens with zero attached hydrogens (tertiary/aromatic N) is 1. The topological polar surface area (TPSA) is 94.8 Å². The molecule has 0 unspecified atom stereocenters. The van der Waals surface area contributed by atoms with Crippen molar-refractivity contribution in [3.63, 3.8) is 0 Å². The number of unbranched alkanes of at least 4 members (excludes halogenated alkanes) is 3. The quantitative estimate of drug-likeness (QED) is 0.0636. The van der Waals surface area contributed by atoms with E-state index in [1.807, 2.05) is 48.5 Å². The summed E-state index contributed by atoms with van der Waals surface area (Å²) in [4.78, 5) is 22.4. The van der Waals surface area contributed by atoms with Crippen molar-refractivity contribution in [1.82, 2.24) is 0 Å². The van der Waals surface area contributed by atoms with E-state index in [9.17, 15) is 9.59 Å². The van der Waals surface area contributed by atoms with Crippen LogP contribution in [0.25, 0.3) is 11.1 Å². The van der Waals surface area contributed by atoms with Gasteiger partial charge >= 0.3 is 11.9 Å². The minimum atomic E-state index is -0.187. The molecule has 7 nitrogen and oxygen atoms in total. The van der Waals surface area contributed by atoms with E-state index in [0.717, 1.165) is 54.2 Å². The van der Waals surface area contributed by atoms with E-state index < -0.39 is 0 Å². The van der Waals surface area contributed by atoms with Crippen molar-refractivity contribution in [3.05, 3.63) is 83.9 Å². The Morgan fingerprint density at radius 1 is 0.673 bits per heavy atom. The number of rotatable bonds is 21. The minimum absolute atomic E-state index is 0. The van der Waals surface area contributed by atoms with Crippen LogP contribution in [-0.4, -0.2) is 49.9 Å². The lowest BCUT2D eigenvalue weighted by Crippen LogP contribution is -2.13. The average Bonchev–Trinajstić information content (AvgIpc) is 3.17. The zero-order valence-electron chi connectivity index (χ0n) is 30.8. The van der Waals surface area contributed by atoms with Gasteiger partial charge in [-0.15, -0.1) is 0 Å². The van der Waals surface area contributed by atoms with Crippen molar-refractivity contribution in [3.8, 4) is 28.7 Å². The molecule has 1 aliphatic carbocycles. The lowest BCUT2D eigenvalue weighted by atomic mass is 9.77. The van der Waals surface area contributed by atoms with Crippen molar-refractivity contribution < 1.29 is 30.0 Å². The number of carbonyl (C=O) groups is 2. The summed E-state index contributed by atoms with van der Waals surface area (Å²) in [5.41, 5.74) is 4.28. The van der Waals surface area contributed by atoms with Crippen LogP contribution >= 0.6 is 25.3 Å². The predicted octanol–water partition coefficient (Wildman–Crippen LogP) is 10.7. The molecule has 0 saturated heterocycles. The highest BCUT2D eigenvalue weighted by Crippen LogP contribution is 2.37. The van der Waals surface area contributed by atoms with Crippen molar-refractivity contribution in [2.24, 2.45) is 5.92 Å². The molecule has 3 aromatic carbocycles. The van der Waals surface area contributed by atoms with E-state index in [1.165, 1.54) is 44.1 Å². The Kier molecular flexibility index (Phi) is 21.6. The Bertz CT molecular complexity index is 1460. The van der Waals surface area contributed by atoms with Crippen molar-refractivity contribution in [1.29, 1.82) is 5.26 Å². The molecule has 1 saturated carbocycles. The first-order valence-corrected chi connectivity index (χ1v) is 20.2. The lowest BCUT2D eigenvalue weighted by molar-refractivity contribution is -0.144. The largest absolute Gasteiger partial charge is 0.494 e. The van der Waals surface area contributed by atoms with Gasteiger partial charge in [-0.05, 0) is 116 Å². The fraction of sp³-hybridized carbons (Fsp3) is 0.512. The smallest absolute Gasteiger partial charge is 0.306 e. The normalized spacial score (nSPS) is 15.0. The molecule has 3 aromatic rings. The molecule has 52 heavy (non-hydrogen) atoms. The molecule has 0 bridgehead atoms. The molecule has 0 aliphatic heterocycles. The van der Waals surface area contributed by atoms with Gasteiger partial charge in [0.25, 0.3) is 0 Å². The maximum atomic E-state index is 11.2. The van der Waals surface area contributed by atoms with Crippen LogP contribution < -0.4 is 9.47 Å². The highest BCUT2D eigenvalue weighted by Gasteiger charge is 2.21. The number of hydrogen-bond donors (Lipinski definition) is 2. The monoisotopic (exact) mass is 749 g/mol. The summed E-state index contributed by atoms with van der Waals surface area (Å²) < 4.78 is 21.7. The SMILES string of the molecule is CCCC1CCC(c2ccc(OCCCOC(=O)CCS)cc2)CC1.N#Cc1ccc(-c2ccc(OCCCCCCOC(=O)CCS)cc2)cc1.[HH]. The van der Waals surface area contributed by atoms with E-state index in [2.05, 4.69) is 62.5 Å². The van der Waals surface area contributed by atoms with Crippen LogP contribution in [-0.2, 0) is 19.1 Å². The van der Waals surface area contributed by atoms with Crippen LogP contribution in [0.15, 0.2) is 72.8 Å². The second-order valence-corrected chi connectivity index (χ2v) is 14.0. The van der Waals surface area contributed by atoms with Gasteiger partial charge in [0.05, 0.1) is 50.9 Å². The van der Waals surface area contributed by atoms with E-state index in [1.54, 1.807) is 0 Å². The number of hydrogen-bond acceptors (Lipinski definition) is 9. The molecule has 0 radical (unpaired) electrons. The van der Waals surface area contributed by atoms with Gasteiger partial charge in [0.1, 0.15) is 11.5 Å². The highest BCUT2D eigenvalue weighted by molar-refractivity contribution is 7.80. The number of ether oxygens (including phenoxy) is 4. The number of nitriles is 1. The minimum Gasteiger partial charge on any atom is -0.494 e. The van der Waals surface area contributed by atoms with Crippen molar-refractivity contribution >= 4 is 37.2 Å². The summed E-state index contributed by atoms with van der Waals surface area (Å²) in [6.45, 7) is 4.43. The van der Waals surface area contributed by atoms with E-state index in [-0.39, 0.29) is 13.4 Å². The van der Waals surface area contributed by atoms with Gasteiger partial charge in [-0.1, -0.05) is 56.2 Å². The van der Waals surface area contributed by atoms with Gasteiger partial charge in [-0.25, -0.2) is 0 Å². The second-order valence-electron chi connectivity index (χ2n) is 13.1. The number of esters is 2. The van der Waals surface area contributed by atoms with Gasteiger partial charge in [-0.3, -0.25) is 9.59 Å². The Hall–Kier alpha value is -3.61. The zero-order valence-corrected chi connectivity index (χ0v) is 32.6. The molecule has 0 spiro atoms. The summed E-state index contributed by atoms with van der Waals surface area (Å²) in [6.07, 6.45) is 13.5. The van der Waals surface area contributed by atoms with Crippen LogP contribution in [0, 0.1) is 17.2 Å². The third kappa shape index (κ3) is 17.3. The average molecular weight is 750 g/mol. The molecule has 4 rings (SSSR count). The van der Waals surface area contributed by atoms with E-state index in [4.69, 9.17) is 24.2 Å². The maximum Gasteiger partial charge on any atom is 0.306 e. The molecule has 284 valence electrons. The van der Waals surface area contributed by atoms with Crippen LogP contribution in [0.5, 0.6) is 11.5 Å². The first-order valence-electron chi connectivity index (χ1n) is 18.9. The molecule has 0 N–H and O–H groups in total. The highest BCUT2D eigenvalue weighted by atomic mass is 32.1. The Labute approximate surface area is 324 Å². The molecular weight excluding hydrogens is 691 g/mol. The fourth-order valence-electron chi connectivity index (χ4n) is 6.21. The van der Waals surface area contributed by atoms with Crippen molar-refractivity contribution in [2.75, 3.05) is 37.9 Å². The Morgan fingerprint density at radius 3 is 1.67 bits per heavy atom. The van der Waals surface area contributed by atoms with E-state index >= 15 is 0 Å². The van der Waals surface area contributed by atoms with Gasteiger partial charge in [0.15, 0.2) is 0 Å². The Balaban J connectivity index is 0.000000361. The maximum absolute atomic E-state index is 11.2. The number of thiol groups is 2. The zero-order chi connectivity index (χ0) is 37.2. The number of benzene rings is 3. The summed E-state index contributed by atoms with van der Waals surface area (Å²) >= 11 is 8.00. The van der Waals surface area contributed by atoms with Crippen LogP contribution in [0.1, 0.15) is 109 Å². The molecule has 1 aliphatic rings. The molecule has 9 heteroatoms. The summed E-state index contributed by atoms with van der Waals surface area (Å²) in [7, 11) is 0. The number of carbonyl (C=O) groups excluding carboxylic acids is 2. The first-order chi connectivity index (χ1) is 25.4. The molecule has 0 amide bonds. The summed E-state index contributed by atoms with van der Waals surface area (Å²) in [5.74, 6) is 4.12. The van der Waals surface area contributed by atoms with Crippen LogP contribution in [0.4, 0.5) is 0 Å². The molecule has 0 aromatic heterocycles. The van der Waals surface area contributed by atoms with Crippen LogP contribution in [0.2, 0.25) is 0 Å². The van der Waals surface area contributed by atoms with Gasteiger partial charge in [0.2, 0.25) is 0 Å². The van der Waals surface area contributed by atoms with Gasteiger partial charge in [0, 0.05) is 19.4 Å². The van der Waals surface area contributed by atoms with Crippen molar-refractivity contribution in [2.45, 2.75) is 96.3 Å². The summed E-state index contributed by atoms with van der Waals surface area (Å²) in [6, 6.07) is 26.2. The second kappa shape index (κ2) is 26.2. The first kappa shape index (κ1) is 42.8. The standard InChI is InChI=1S/C22H25NO3S.C21H32O3S.H2/c23-17-18-5-7-19(8-6-18)20-9-11-21(12-10-20)25-14-3-1-2-4-15-26-22(24)13-16-27;1-2-4-17-5-7-18(8-6-17)19-9-11-20(12-10-19)23-14-3-15-24-21(22)13-16-25;/h5-12,27H,1-4,13-16H2;9-12,17-18,25H,2-8,13-16H2,1H3;1H. The molecule has 0 heterocycles. The van der Waals surface area contributed by atoms with E-state index in [0.29, 0.717) is 68.7 Å². The summed E-state index contributed by atoms with van der Waals surface area (Å²) in [5, 5.41) is 8.85. The molecular formula is C43H59NO6S2. The van der Waals surface area contributed by atoms with Crippen LogP contribution in [0.3, 0.4) is 0 Å². The predicted molar refractivity (Wildman–Crippen MR) is 218 cm³/mol. The third-order valence-corrected chi connectivity index (χ3v) is 9.57. The lowest BCUT2D eigenvalue weighted by Gasteiger charge is -2.28. The van der Waals surface area contributed by atoms with Gasteiger partial charge in [-0.2, -0.15) is 30.5 Å². The van der Waals surface area contributed by atoms with Gasteiger partial charge < -0.3 is 18.9 Å². The Morgan fingerprint density at radius 2 is 1.15 bits per heavy atom. The molecule has 0 atom stereocenters. The fourth-order valence-corrected chi connectivity index (χ4v) is 6.57. The molecule has 1 fully saturated rings. The third-order valence-electron chi connectivity index (χ3n) is 9.12.